The van der Waals surface area contributed by atoms with E-state index in [-0.39, 0.29) is 0 Å². The van der Waals surface area contributed by atoms with Crippen LogP contribution in [-0.2, 0) is 0 Å². The molecule has 0 saturated carbocycles. The lowest BCUT2D eigenvalue weighted by molar-refractivity contribution is 0.392. The first-order valence-electron chi connectivity index (χ1n) is 5.36. The van der Waals surface area contributed by atoms with E-state index in [2.05, 4.69) is 5.32 Å². The average Bonchev–Trinajstić information content (AvgIpc) is 2.29. The lowest BCUT2D eigenvalue weighted by Crippen LogP contribution is -2.28. The monoisotopic (exact) mass is 225 g/mol. The number of hydrogen-bond donors (Lipinski definition) is 1. The molecule has 2 nitrogen and oxygen atoms in total. The van der Waals surface area contributed by atoms with Gasteiger partial charge in [-0.3, -0.25) is 0 Å². The van der Waals surface area contributed by atoms with Crippen molar-refractivity contribution in [1.29, 1.82) is 0 Å². The van der Waals surface area contributed by atoms with Gasteiger partial charge in [-0.05, 0) is 31.5 Å². The molecule has 1 aliphatic heterocycles. The SMILES string of the molecule is COc1cccc(Cl)c1C1CCCNC1. The minimum absolute atomic E-state index is 0.488. The Morgan fingerprint density at radius 2 is 2.33 bits per heavy atom. The Morgan fingerprint density at radius 1 is 1.47 bits per heavy atom. The second-order valence-electron chi connectivity index (χ2n) is 3.90. The van der Waals surface area contributed by atoms with Crippen molar-refractivity contribution in [3.8, 4) is 5.75 Å². The van der Waals surface area contributed by atoms with Gasteiger partial charge in [0.15, 0.2) is 0 Å². The largest absolute Gasteiger partial charge is 0.496 e. The summed E-state index contributed by atoms with van der Waals surface area (Å²) in [6, 6.07) is 5.85. The Kier molecular flexibility index (Phi) is 3.49. The Balaban J connectivity index is 2.31. The van der Waals surface area contributed by atoms with Crippen molar-refractivity contribution in [1.82, 2.24) is 5.32 Å². The van der Waals surface area contributed by atoms with Crippen molar-refractivity contribution in [3.05, 3.63) is 28.8 Å². The zero-order valence-corrected chi connectivity index (χ0v) is 9.68. The summed E-state index contributed by atoms with van der Waals surface area (Å²) in [6.07, 6.45) is 2.39. The molecule has 0 bridgehead atoms. The van der Waals surface area contributed by atoms with Crippen LogP contribution in [-0.4, -0.2) is 20.2 Å². The number of ether oxygens (including phenoxy) is 1. The molecule has 1 N–H and O–H groups in total. The van der Waals surface area contributed by atoms with Gasteiger partial charge in [-0.25, -0.2) is 0 Å². The van der Waals surface area contributed by atoms with Crippen LogP contribution in [0.25, 0.3) is 0 Å². The molecule has 1 saturated heterocycles. The van der Waals surface area contributed by atoms with Gasteiger partial charge in [0.2, 0.25) is 0 Å². The Bertz CT molecular complexity index is 334. The third kappa shape index (κ3) is 2.27. The molecule has 0 aliphatic carbocycles. The number of piperidine rings is 1. The summed E-state index contributed by atoms with van der Waals surface area (Å²) in [6.45, 7) is 2.11. The number of hydrogen-bond acceptors (Lipinski definition) is 2. The molecule has 0 spiro atoms. The molecule has 2 rings (SSSR count). The lowest BCUT2D eigenvalue weighted by atomic mass is 9.91. The van der Waals surface area contributed by atoms with E-state index in [0.717, 1.165) is 29.4 Å². The van der Waals surface area contributed by atoms with Crippen LogP contribution in [0.2, 0.25) is 5.02 Å². The van der Waals surface area contributed by atoms with Crippen molar-refractivity contribution < 1.29 is 4.74 Å². The number of rotatable bonds is 2. The fourth-order valence-corrected chi connectivity index (χ4v) is 2.51. The van der Waals surface area contributed by atoms with Crippen LogP contribution in [0.1, 0.15) is 24.3 Å². The van der Waals surface area contributed by atoms with Crippen molar-refractivity contribution in [2.24, 2.45) is 0 Å². The average molecular weight is 226 g/mol. The highest BCUT2D eigenvalue weighted by Gasteiger charge is 2.21. The predicted octanol–water partition coefficient (Wildman–Crippen LogP) is 2.82. The van der Waals surface area contributed by atoms with Crippen molar-refractivity contribution in [2.75, 3.05) is 20.2 Å². The maximum atomic E-state index is 6.23. The Labute approximate surface area is 95.6 Å². The smallest absolute Gasteiger partial charge is 0.123 e. The first-order valence-corrected chi connectivity index (χ1v) is 5.74. The maximum absolute atomic E-state index is 6.23. The zero-order valence-electron chi connectivity index (χ0n) is 8.92. The highest BCUT2D eigenvalue weighted by atomic mass is 35.5. The first-order chi connectivity index (χ1) is 7.33. The van der Waals surface area contributed by atoms with Gasteiger partial charge in [0, 0.05) is 23.0 Å². The molecule has 15 heavy (non-hydrogen) atoms. The molecule has 1 heterocycles. The van der Waals surface area contributed by atoms with Crippen LogP contribution in [0.4, 0.5) is 0 Å². The highest BCUT2D eigenvalue weighted by molar-refractivity contribution is 6.31. The first kappa shape index (κ1) is 10.8. The molecule has 0 aromatic heterocycles. The predicted molar refractivity (Wildman–Crippen MR) is 62.8 cm³/mol. The van der Waals surface area contributed by atoms with E-state index in [1.54, 1.807) is 7.11 Å². The van der Waals surface area contributed by atoms with Crippen molar-refractivity contribution in [3.63, 3.8) is 0 Å². The van der Waals surface area contributed by atoms with E-state index in [0.29, 0.717) is 5.92 Å². The molecule has 3 heteroatoms. The zero-order chi connectivity index (χ0) is 10.7. The van der Waals surface area contributed by atoms with E-state index in [4.69, 9.17) is 16.3 Å². The summed E-state index contributed by atoms with van der Waals surface area (Å²) in [5.74, 6) is 1.40. The molecule has 0 radical (unpaired) electrons. The summed E-state index contributed by atoms with van der Waals surface area (Å²) in [5, 5.41) is 4.22. The van der Waals surface area contributed by atoms with Gasteiger partial charge in [-0.1, -0.05) is 17.7 Å². The van der Waals surface area contributed by atoms with Gasteiger partial charge in [0.25, 0.3) is 0 Å². The molecule has 82 valence electrons. The molecule has 1 unspecified atom stereocenters. The minimum atomic E-state index is 0.488. The van der Waals surface area contributed by atoms with Crippen LogP contribution in [0.15, 0.2) is 18.2 Å². The van der Waals surface area contributed by atoms with Gasteiger partial charge in [0.05, 0.1) is 7.11 Å². The van der Waals surface area contributed by atoms with Gasteiger partial charge in [0.1, 0.15) is 5.75 Å². The van der Waals surface area contributed by atoms with Gasteiger partial charge < -0.3 is 10.1 Å². The number of benzene rings is 1. The van der Waals surface area contributed by atoms with E-state index in [1.807, 2.05) is 18.2 Å². The van der Waals surface area contributed by atoms with Crippen LogP contribution in [0, 0.1) is 0 Å². The summed E-state index contributed by atoms with van der Waals surface area (Å²) < 4.78 is 5.37. The topological polar surface area (TPSA) is 21.3 Å². The quantitative estimate of drug-likeness (QED) is 0.836. The van der Waals surface area contributed by atoms with Crippen LogP contribution >= 0.6 is 11.6 Å². The second-order valence-corrected chi connectivity index (χ2v) is 4.31. The van der Waals surface area contributed by atoms with Crippen molar-refractivity contribution >= 4 is 11.6 Å². The number of halogens is 1. The summed E-state index contributed by atoms with van der Waals surface area (Å²) in [7, 11) is 1.70. The molecule has 1 aliphatic rings. The van der Waals surface area contributed by atoms with E-state index < -0.39 is 0 Å². The van der Waals surface area contributed by atoms with Crippen LogP contribution in [0.3, 0.4) is 0 Å². The third-order valence-electron chi connectivity index (χ3n) is 2.94. The molecule has 1 fully saturated rings. The fourth-order valence-electron chi connectivity index (χ4n) is 2.19. The number of methoxy groups -OCH3 is 1. The van der Waals surface area contributed by atoms with E-state index >= 15 is 0 Å². The maximum Gasteiger partial charge on any atom is 0.123 e. The fraction of sp³-hybridized carbons (Fsp3) is 0.500. The Hall–Kier alpha value is -0.730. The standard InChI is InChI=1S/C12H16ClNO/c1-15-11-6-2-5-10(13)12(11)9-4-3-7-14-8-9/h2,5-6,9,14H,3-4,7-8H2,1H3. The normalized spacial score (nSPS) is 21.3. The molecule has 1 aromatic carbocycles. The van der Waals surface area contributed by atoms with E-state index in [1.165, 1.54) is 12.8 Å². The molecule has 0 amide bonds. The summed E-state index contributed by atoms with van der Waals surface area (Å²) in [4.78, 5) is 0. The third-order valence-corrected chi connectivity index (χ3v) is 3.27. The van der Waals surface area contributed by atoms with Crippen molar-refractivity contribution in [2.45, 2.75) is 18.8 Å². The molecular weight excluding hydrogens is 210 g/mol. The summed E-state index contributed by atoms with van der Waals surface area (Å²) in [5.41, 5.74) is 1.16. The highest BCUT2D eigenvalue weighted by Crippen LogP contribution is 2.36. The van der Waals surface area contributed by atoms with Crippen LogP contribution < -0.4 is 10.1 Å². The molecule has 1 atom stereocenters. The van der Waals surface area contributed by atoms with Gasteiger partial charge >= 0.3 is 0 Å². The molecular formula is C12H16ClNO. The van der Waals surface area contributed by atoms with Gasteiger partial charge in [-0.2, -0.15) is 0 Å². The molecule has 1 aromatic rings. The Morgan fingerprint density at radius 3 is 3.00 bits per heavy atom. The minimum Gasteiger partial charge on any atom is -0.496 e. The number of nitrogens with one attached hydrogen (secondary N) is 1. The lowest BCUT2D eigenvalue weighted by Gasteiger charge is -2.25. The second kappa shape index (κ2) is 4.86. The van der Waals surface area contributed by atoms with Crippen LogP contribution in [0.5, 0.6) is 5.75 Å². The summed E-state index contributed by atoms with van der Waals surface area (Å²) >= 11 is 6.23. The van der Waals surface area contributed by atoms with E-state index in [9.17, 15) is 0 Å². The van der Waals surface area contributed by atoms with Gasteiger partial charge in [-0.15, -0.1) is 0 Å².